The Morgan fingerprint density at radius 2 is 1.94 bits per heavy atom. The van der Waals surface area contributed by atoms with Gasteiger partial charge >= 0.3 is 0 Å². The summed E-state index contributed by atoms with van der Waals surface area (Å²) in [5.74, 6) is 1.99. The average molecular weight is 468 g/mol. The summed E-state index contributed by atoms with van der Waals surface area (Å²) in [7, 11) is 3.47. The molecule has 0 aromatic heterocycles. The van der Waals surface area contributed by atoms with Crippen LogP contribution >= 0.6 is 11.6 Å². The largest absolute Gasteiger partial charge is 0.495 e. The molecule has 1 atom stereocenters. The Balaban J connectivity index is 0.000000814. The second-order valence-corrected chi connectivity index (χ2v) is 7.99. The van der Waals surface area contributed by atoms with E-state index in [4.69, 9.17) is 31.3 Å². The van der Waals surface area contributed by atoms with Crippen LogP contribution in [0.25, 0.3) is 0 Å². The number of allylic oxidation sites excluding steroid dienone is 5. The third-order valence-electron chi connectivity index (χ3n) is 5.31. The van der Waals surface area contributed by atoms with Crippen molar-refractivity contribution in [3.8, 4) is 0 Å². The Labute approximate surface area is 199 Å². The van der Waals surface area contributed by atoms with Crippen LogP contribution in [0.3, 0.4) is 0 Å². The highest BCUT2D eigenvalue weighted by atomic mass is 35.5. The highest BCUT2D eigenvalue weighted by Gasteiger charge is 2.26. The van der Waals surface area contributed by atoms with Crippen molar-refractivity contribution in [2.45, 2.75) is 52.1 Å². The van der Waals surface area contributed by atoms with Crippen molar-refractivity contribution in [2.24, 2.45) is 10.9 Å². The molecule has 2 aliphatic rings. The summed E-state index contributed by atoms with van der Waals surface area (Å²) in [5.41, 5.74) is 4.67. The van der Waals surface area contributed by atoms with Gasteiger partial charge in [-0.3, -0.25) is 4.99 Å². The van der Waals surface area contributed by atoms with E-state index in [0.29, 0.717) is 18.4 Å². The Hall–Kier alpha value is -1.66. The predicted octanol–water partition coefficient (Wildman–Crippen LogP) is 5.40. The molecule has 0 aromatic rings. The van der Waals surface area contributed by atoms with Gasteiger partial charge in [-0.1, -0.05) is 36.8 Å². The maximum Gasteiger partial charge on any atom is 0.141 e. The van der Waals surface area contributed by atoms with Crippen LogP contribution in [0, 0.1) is 5.92 Å². The number of aliphatic hydroxyl groups is 2. The molecule has 2 N–H and O–H groups in total. The van der Waals surface area contributed by atoms with E-state index in [0.717, 1.165) is 43.6 Å². The highest BCUT2D eigenvalue weighted by molar-refractivity contribution is 6.18. The molecule has 0 radical (unpaired) electrons. The summed E-state index contributed by atoms with van der Waals surface area (Å²) in [4.78, 5) is 4.21. The van der Waals surface area contributed by atoms with Crippen LogP contribution in [0.5, 0.6) is 0 Å². The zero-order chi connectivity index (χ0) is 24.4. The fourth-order valence-corrected chi connectivity index (χ4v) is 3.60. The molecular formula is C26H42ClNO4. The SMILES string of the molecule is C=C.CC(CCO)CCO.CN=C(C)/C(OC)=C1/CO[C@@H](C2=CC=C(CCCl)CC=C2)C1. The van der Waals surface area contributed by atoms with E-state index in [1.165, 1.54) is 16.7 Å². The molecule has 0 saturated carbocycles. The standard InChI is InChI=1S/C18H24ClNO2.C6H14O2.C2H4/c1-13(20-2)18(21-3)16-11-17(22-12-16)15-6-4-5-14(7-8-15)9-10-19;1-6(2-4-7)3-5-8;1-2/h4,6-8,17H,5,9-12H2,1-3H3;6-8H,2-5H2,1H3;1-2H2/b18-16-,20-13?;;/t17-;;/m1../s1. The van der Waals surface area contributed by atoms with Crippen molar-refractivity contribution < 1.29 is 19.7 Å². The van der Waals surface area contributed by atoms with Crippen LogP contribution in [-0.2, 0) is 9.47 Å². The fourth-order valence-electron chi connectivity index (χ4n) is 3.36. The van der Waals surface area contributed by atoms with E-state index in [1.807, 2.05) is 13.8 Å². The zero-order valence-corrected chi connectivity index (χ0v) is 21.0. The molecule has 0 amide bonds. The van der Waals surface area contributed by atoms with Gasteiger partial charge in [0.2, 0.25) is 0 Å². The Morgan fingerprint density at radius 3 is 2.47 bits per heavy atom. The second kappa shape index (κ2) is 18.9. The first-order valence-corrected chi connectivity index (χ1v) is 11.7. The number of halogens is 1. The molecule has 1 heterocycles. The summed E-state index contributed by atoms with van der Waals surface area (Å²) < 4.78 is 11.5. The molecule has 6 heteroatoms. The van der Waals surface area contributed by atoms with Gasteiger partial charge in [0.25, 0.3) is 0 Å². The van der Waals surface area contributed by atoms with Gasteiger partial charge in [-0.05, 0) is 44.1 Å². The number of hydrogen-bond donors (Lipinski definition) is 2. The summed E-state index contributed by atoms with van der Waals surface area (Å²) in [6, 6.07) is 0. The molecule has 182 valence electrons. The molecule has 1 aliphatic heterocycles. The first-order valence-electron chi connectivity index (χ1n) is 11.2. The quantitative estimate of drug-likeness (QED) is 0.206. The van der Waals surface area contributed by atoms with Crippen molar-refractivity contribution >= 4 is 17.3 Å². The molecule has 1 fully saturated rings. The topological polar surface area (TPSA) is 71.3 Å². The van der Waals surface area contributed by atoms with Crippen molar-refractivity contribution in [3.63, 3.8) is 0 Å². The molecule has 1 saturated heterocycles. The lowest BCUT2D eigenvalue weighted by molar-refractivity contribution is 0.143. The molecule has 2 rings (SSSR count). The number of ether oxygens (including phenoxy) is 2. The minimum absolute atomic E-state index is 0.0904. The zero-order valence-electron chi connectivity index (χ0n) is 20.3. The molecule has 5 nitrogen and oxygen atoms in total. The van der Waals surface area contributed by atoms with Gasteiger partial charge in [0, 0.05) is 38.1 Å². The van der Waals surface area contributed by atoms with Crippen LogP contribution in [0.4, 0.5) is 0 Å². The van der Waals surface area contributed by atoms with Gasteiger partial charge in [-0.25, -0.2) is 0 Å². The minimum atomic E-state index is 0.0904. The number of rotatable bonds is 9. The molecule has 32 heavy (non-hydrogen) atoms. The minimum Gasteiger partial charge on any atom is -0.495 e. The van der Waals surface area contributed by atoms with Crippen molar-refractivity contribution in [1.82, 2.24) is 0 Å². The van der Waals surface area contributed by atoms with Crippen LogP contribution in [0.1, 0.15) is 46.0 Å². The van der Waals surface area contributed by atoms with E-state index in [2.05, 4.69) is 42.5 Å². The van der Waals surface area contributed by atoms with E-state index in [-0.39, 0.29) is 19.3 Å². The van der Waals surface area contributed by atoms with Crippen LogP contribution in [0.2, 0.25) is 0 Å². The van der Waals surface area contributed by atoms with Crippen LogP contribution in [0.15, 0.2) is 64.9 Å². The molecular weight excluding hydrogens is 426 g/mol. The maximum absolute atomic E-state index is 8.38. The van der Waals surface area contributed by atoms with E-state index in [1.54, 1.807) is 14.2 Å². The lowest BCUT2D eigenvalue weighted by Crippen LogP contribution is -2.07. The average Bonchev–Trinajstić information content (AvgIpc) is 3.16. The molecule has 0 spiro atoms. The lowest BCUT2D eigenvalue weighted by Gasteiger charge is -2.10. The third-order valence-corrected chi connectivity index (χ3v) is 5.50. The number of methoxy groups -OCH3 is 1. The van der Waals surface area contributed by atoms with Crippen LogP contribution < -0.4 is 0 Å². The normalized spacial score (nSPS) is 19.8. The monoisotopic (exact) mass is 467 g/mol. The summed E-state index contributed by atoms with van der Waals surface area (Å²) in [6.45, 7) is 11.1. The molecule has 0 unspecified atom stereocenters. The highest BCUT2D eigenvalue weighted by Crippen LogP contribution is 2.29. The Kier molecular flexibility index (Phi) is 17.9. The van der Waals surface area contributed by atoms with Gasteiger partial charge in [-0.15, -0.1) is 24.8 Å². The number of alkyl halides is 1. The maximum atomic E-state index is 8.38. The van der Waals surface area contributed by atoms with E-state index < -0.39 is 0 Å². The third kappa shape index (κ3) is 11.3. The smallest absolute Gasteiger partial charge is 0.141 e. The molecule has 0 aromatic carbocycles. The van der Waals surface area contributed by atoms with Crippen molar-refractivity contribution in [2.75, 3.05) is 39.9 Å². The second-order valence-electron chi connectivity index (χ2n) is 7.62. The first kappa shape index (κ1) is 30.3. The Bertz CT molecular complexity index is 673. The van der Waals surface area contributed by atoms with E-state index in [9.17, 15) is 0 Å². The van der Waals surface area contributed by atoms with Gasteiger partial charge in [-0.2, -0.15) is 0 Å². The van der Waals surface area contributed by atoms with Crippen molar-refractivity contribution in [1.29, 1.82) is 0 Å². The molecule has 1 aliphatic carbocycles. The van der Waals surface area contributed by atoms with Gasteiger partial charge in [0.05, 0.1) is 25.5 Å². The fraction of sp³-hybridized carbons (Fsp3) is 0.577. The molecule has 0 bridgehead atoms. The van der Waals surface area contributed by atoms with E-state index >= 15 is 0 Å². The Morgan fingerprint density at radius 1 is 1.28 bits per heavy atom. The first-order chi connectivity index (χ1) is 15.5. The number of nitrogens with zero attached hydrogens (tertiary/aromatic N) is 1. The van der Waals surface area contributed by atoms with Gasteiger partial charge in [0.1, 0.15) is 5.76 Å². The summed E-state index contributed by atoms with van der Waals surface area (Å²) in [5, 5.41) is 16.8. The van der Waals surface area contributed by atoms with Gasteiger partial charge < -0.3 is 19.7 Å². The lowest BCUT2D eigenvalue weighted by atomic mass is 10.0. The van der Waals surface area contributed by atoms with Crippen molar-refractivity contribution in [3.05, 3.63) is 59.9 Å². The summed E-state index contributed by atoms with van der Waals surface area (Å²) >= 11 is 5.82. The number of hydrogen-bond acceptors (Lipinski definition) is 5. The predicted molar refractivity (Wildman–Crippen MR) is 137 cm³/mol. The summed E-state index contributed by atoms with van der Waals surface area (Å²) in [6.07, 6.45) is 13.2. The van der Waals surface area contributed by atoms with Crippen LogP contribution in [-0.4, -0.2) is 61.9 Å². The van der Waals surface area contributed by atoms with Gasteiger partial charge in [0.15, 0.2) is 0 Å². The number of aliphatic imine (C=N–C) groups is 1. The number of aliphatic hydroxyl groups excluding tert-OH is 2.